The van der Waals surface area contributed by atoms with Gasteiger partial charge in [0.05, 0.1) is 0 Å². The van der Waals surface area contributed by atoms with E-state index in [-0.39, 0.29) is 0 Å². The van der Waals surface area contributed by atoms with Crippen LogP contribution in [-0.2, 0) is 0 Å². The molecule has 1 aromatic heterocycles. The molecule has 1 fully saturated rings. The Bertz CT molecular complexity index is 307. The minimum Gasteiger partial charge on any atom is -0.314 e. The molecule has 0 spiro atoms. The van der Waals surface area contributed by atoms with Gasteiger partial charge in [0.2, 0.25) is 0 Å². The number of rotatable bonds is 7. The van der Waals surface area contributed by atoms with Crippen LogP contribution < -0.4 is 5.32 Å². The first-order chi connectivity index (χ1) is 7.71. The zero-order chi connectivity index (χ0) is 11.4. The molecule has 0 aromatic carbocycles. The lowest BCUT2D eigenvalue weighted by Gasteiger charge is -2.20. The fourth-order valence-electron chi connectivity index (χ4n) is 1.71. The quantitative estimate of drug-likeness (QED) is 0.598. The van der Waals surface area contributed by atoms with Crippen molar-refractivity contribution in [3.8, 4) is 0 Å². The van der Waals surface area contributed by atoms with Crippen LogP contribution in [0.4, 0.5) is 0 Å². The van der Waals surface area contributed by atoms with E-state index in [1.807, 2.05) is 23.3 Å². The molecule has 1 aromatic rings. The summed E-state index contributed by atoms with van der Waals surface area (Å²) in [5.41, 5.74) is 0.600. The molecule has 0 aliphatic heterocycles. The minimum absolute atomic E-state index is 0.600. The maximum absolute atomic E-state index is 4.26. The van der Waals surface area contributed by atoms with Gasteiger partial charge in [-0.05, 0) is 38.1 Å². The molecule has 1 unspecified atom stereocenters. The van der Waals surface area contributed by atoms with Crippen LogP contribution in [0.3, 0.4) is 0 Å². The topological polar surface area (TPSA) is 24.9 Å². The second-order valence-electron chi connectivity index (χ2n) is 4.83. The Balaban J connectivity index is 1.52. The summed E-state index contributed by atoms with van der Waals surface area (Å²) in [5.74, 6) is 1.17. The zero-order valence-corrected chi connectivity index (χ0v) is 11.7. The molecule has 2 nitrogen and oxygen atoms in total. The van der Waals surface area contributed by atoms with E-state index in [0.29, 0.717) is 11.5 Å². The van der Waals surface area contributed by atoms with Crippen LogP contribution >= 0.6 is 23.1 Å². The van der Waals surface area contributed by atoms with Crippen molar-refractivity contribution in [2.75, 3.05) is 12.3 Å². The number of nitrogens with one attached hydrogen (secondary N) is 1. The first-order valence-corrected chi connectivity index (χ1v) is 7.83. The van der Waals surface area contributed by atoms with Crippen LogP contribution in [0.15, 0.2) is 15.9 Å². The number of thiazole rings is 1. The van der Waals surface area contributed by atoms with Crippen molar-refractivity contribution in [1.29, 1.82) is 0 Å². The molecule has 4 heteroatoms. The average Bonchev–Trinajstić information content (AvgIpc) is 2.81. The Labute approximate surface area is 106 Å². The van der Waals surface area contributed by atoms with Crippen LogP contribution in [-0.4, -0.2) is 23.3 Å². The molecule has 1 aliphatic carbocycles. The Morgan fingerprint density at radius 2 is 2.44 bits per heavy atom. The molecule has 90 valence electrons. The molecule has 0 amide bonds. The predicted octanol–water partition coefficient (Wildman–Crippen LogP) is 3.40. The van der Waals surface area contributed by atoms with E-state index >= 15 is 0 Å². The van der Waals surface area contributed by atoms with Crippen LogP contribution in [0.1, 0.15) is 33.1 Å². The Morgan fingerprint density at radius 1 is 1.62 bits per heavy atom. The van der Waals surface area contributed by atoms with Gasteiger partial charge in [-0.3, -0.25) is 0 Å². The molecule has 1 saturated carbocycles. The van der Waals surface area contributed by atoms with E-state index in [2.05, 4.69) is 24.1 Å². The number of hydrogen-bond donors (Lipinski definition) is 1. The lowest BCUT2D eigenvalue weighted by Crippen LogP contribution is -2.34. The summed E-state index contributed by atoms with van der Waals surface area (Å²) in [6.45, 7) is 5.84. The van der Waals surface area contributed by atoms with Gasteiger partial charge in [-0.25, -0.2) is 4.98 Å². The summed E-state index contributed by atoms with van der Waals surface area (Å²) in [6, 6.07) is 0.678. The molecule has 2 rings (SSSR count). The molecular formula is C12H20N2S2. The highest BCUT2D eigenvalue weighted by Crippen LogP contribution is 2.47. The highest BCUT2D eigenvalue weighted by molar-refractivity contribution is 8.00. The SMILES string of the molecule is CC(NCCCSc1nccs1)C1(C)CC1. The van der Waals surface area contributed by atoms with Crippen molar-refractivity contribution < 1.29 is 0 Å². The maximum atomic E-state index is 4.26. The van der Waals surface area contributed by atoms with Gasteiger partial charge >= 0.3 is 0 Å². The third-order valence-electron chi connectivity index (χ3n) is 3.49. The number of thioether (sulfide) groups is 1. The first kappa shape index (κ1) is 12.4. The second-order valence-corrected chi connectivity index (χ2v) is 7.07. The fraction of sp³-hybridized carbons (Fsp3) is 0.750. The van der Waals surface area contributed by atoms with E-state index in [4.69, 9.17) is 0 Å². The minimum atomic E-state index is 0.600. The molecule has 1 aliphatic rings. The zero-order valence-electron chi connectivity index (χ0n) is 10.0. The lowest BCUT2D eigenvalue weighted by molar-refractivity contribution is 0.382. The summed E-state index contributed by atoms with van der Waals surface area (Å²) in [5, 5.41) is 5.67. The van der Waals surface area contributed by atoms with Crippen molar-refractivity contribution >= 4 is 23.1 Å². The van der Waals surface area contributed by atoms with Gasteiger partial charge in [0.25, 0.3) is 0 Å². The number of nitrogens with zero attached hydrogens (tertiary/aromatic N) is 1. The molecule has 1 heterocycles. The standard InChI is InChI=1S/C12H20N2S2/c1-10(12(2)4-5-12)13-6-3-8-15-11-14-7-9-16-11/h7,9-10,13H,3-6,8H2,1-2H3. The highest BCUT2D eigenvalue weighted by Gasteiger charge is 2.41. The van der Waals surface area contributed by atoms with Gasteiger partial charge in [-0.1, -0.05) is 18.7 Å². The summed E-state index contributed by atoms with van der Waals surface area (Å²) >= 11 is 3.60. The van der Waals surface area contributed by atoms with Gasteiger partial charge < -0.3 is 5.32 Å². The van der Waals surface area contributed by atoms with Gasteiger partial charge in [0.15, 0.2) is 0 Å². The Hall–Kier alpha value is -0.0600. The Kier molecular flexibility index (Phi) is 4.27. The summed E-state index contributed by atoms with van der Waals surface area (Å²) in [4.78, 5) is 4.26. The summed E-state index contributed by atoms with van der Waals surface area (Å²) in [7, 11) is 0. The number of aromatic nitrogens is 1. The van der Waals surface area contributed by atoms with E-state index in [9.17, 15) is 0 Å². The molecule has 1 N–H and O–H groups in total. The predicted molar refractivity (Wildman–Crippen MR) is 72.3 cm³/mol. The van der Waals surface area contributed by atoms with Crippen LogP contribution in [0, 0.1) is 5.41 Å². The normalized spacial score (nSPS) is 19.6. The Morgan fingerprint density at radius 3 is 3.06 bits per heavy atom. The molecule has 0 saturated heterocycles. The van der Waals surface area contributed by atoms with Gasteiger partial charge in [0, 0.05) is 23.4 Å². The van der Waals surface area contributed by atoms with Gasteiger partial charge in [0.1, 0.15) is 4.34 Å². The molecule has 16 heavy (non-hydrogen) atoms. The van der Waals surface area contributed by atoms with Crippen LogP contribution in [0.5, 0.6) is 0 Å². The van der Waals surface area contributed by atoms with E-state index in [0.717, 1.165) is 6.54 Å². The second kappa shape index (κ2) is 5.52. The first-order valence-electron chi connectivity index (χ1n) is 5.96. The van der Waals surface area contributed by atoms with E-state index in [1.165, 1.54) is 29.4 Å². The molecule has 1 atom stereocenters. The third-order valence-corrected chi connectivity index (χ3v) is 5.54. The van der Waals surface area contributed by atoms with Crippen molar-refractivity contribution in [2.45, 2.75) is 43.5 Å². The summed E-state index contributed by atoms with van der Waals surface area (Å²) < 4.78 is 1.20. The van der Waals surface area contributed by atoms with Crippen molar-refractivity contribution in [1.82, 2.24) is 10.3 Å². The van der Waals surface area contributed by atoms with E-state index < -0.39 is 0 Å². The van der Waals surface area contributed by atoms with Gasteiger partial charge in [-0.15, -0.1) is 11.3 Å². The van der Waals surface area contributed by atoms with Crippen LogP contribution in [0.25, 0.3) is 0 Å². The monoisotopic (exact) mass is 256 g/mol. The van der Waals surface area contributed by atoms with E-state index in [1.54, 1.807) is 11.3 Å². The van der Waals surface area contributed by atoms with Crippen molar-refractivity contribution in [3.63, 3.8) is 0 Å². The fourth-order valence-corrected chi connectivity index (χ4v) is 3.36. The molecule has 0 radical (unpaired) electrons. The van der Waals surface area contributed by atoms with Crippen molar-refractivity contribution in [2.24, 2.45) is 5.41 Å². The summed E-state index contributed by atoms with van der Waals surface area (Å²) in [6.07, 6.45) is 5.90. The molecular weight excluding hydrogens is 236 g/mol. The average molecular weight is 256 g/mol. The smallest absolute Gasteiger partial charge is 0.149 e. The van der Waals surface area contributed by atoms with Gasteiger partial charge in [-0.2, -0.15) is 0 Å². The maximum Gasteiger partial charge on any atom is 0.149 e. The highest BCUT2D eigenvalue weighted by atomic mass is 32.2. The largest absolute Gasteiger partial charge is 0.314 e. The third kappa shape index (κ3) is 3.47. The number of hydrogen-bond acceptors (Lipinski definition) is 4. The van der Waals surface area contributed by atoms with Crippen LogP contribution in [0.2, 0.25) is 0 Å². The lowest BCUT2D eigenvalue weighted by atomic mass is 10.0. The molecule has 0 bridgehead atoms. The van der Waals surface area contributed by atoms with Crippen molar-refractivity contribution in [3.05, 3.63) is 11.6 Å².